The summed E-state index contributed by atoms with van der Waals surface area (Å²) in [5.74, 6) is 0. The minimum atomic E-state index is -0.585. The second-order valence-electron chi connectivity index (χ2n) is 5.57. The van der Waals surface area contributed by atoms with E-state index >= 15 is 0 Å². The fourth-order valence-corrected chi connectivity index (χ4v) is 4.18. The van der Waals surface area contributed by atoms with Crippen molar-refractivity contribution in [2.75, 3.05) is 6.54 Å². The first-order valence-corrected chi connectivity index (χ1v) is 9.77. The molecule has 0 saturated carbocycles. The van der Waals surface area contributed by atoms with Crippen molar-refractivity contribution in [3.8, 4) is 0 Å². The van der Waals surface area contributed by atoms with Crippen LogP contribution in [-0.2, 0) is 13.0 Å². The van der Waals surface area contributed by atoms with Crippen LogP contribution in [0.4, 0.5) is 4.79 Å². The first kappa shape index (κ1) is 17.7. The molecule has 0 bridgehead atoms. The zero-order valence-corrected chi connectivity index (χ0v) is 15.3. The van der Waals surface area contributed by atoms with Gasteiger partial charge < -0.3 is 15.7 Å². The highest BCUT2D eigenvalue weighted by atomic mass is 32.1. The smallest absolute Gasteiger partial charge is 0.315 e. The van der Waals surface area contributed by atoms with Crippen LogP contribution in [0, 0.1) is 0 Å². The highest BCUT2D eigenvalue weighted by Crippen LogP contribution is 2.30. The standard InChI is InChI=1S/C19H20N2O2S2/c22-18(16-7-4-12-24-16)17-9-8-15(25-17)13-21-19(23)20-11-10-14-5-2-1-3-6-14/h1-9,12,18,22H,10-11,13H2,(H2,20,21,23). The Morgan fingerprint density at radius 2 is 1.84 bits per heavy atom. The average molecular weight is 373 g/mol. The van der Waals surface area contributed by atoms with Crippen molar-refractivity contribution in [2.24, 2.45) is 0 Å². The molecule has 0 saturated heterocycles. The summed E-state index contributed by atoms with van der Waals surface area (Å²) in [5, 5.41) is 18.0. The summed E-state index contributed by atoms with van der Waals surface area (Å²) in [6, 6.07) is 17.6. The van der Waals surface area contributed by atoms with Gasteiger partial charge in [-0.15, -0.1) is 22.7 Å². The van der Waals surface area contributed by atoms with Crippen molar-refractivity contribution in [1.82, 2.24) is 10.6 Å². The second-order valence-corrected chi connectivity index (χ2v) is 7.75. The predicted octanol–water partition coefficient (Wildman–Crippen LogP) is 3.93. The van der Waals surface area contributed by atoms with E-state index in [1.54, 1.807) is 0 Å². The number of thiophene rings is 2. The van der Waals surface area contributed by atoms with Crippen LogP contribution in [0.3, 0.4) is 0 Å². The number of hydrogen-bond donors (Lipinski definition) is 3. The molecular weight excluding hydrogens is 352 g/mol. The Hall–Kier alpha value is -2.15. The molecule has 0 aliphatic heterocycles. The van der Waals surface area contributed by atoms with Crippen LogP contribution in [-0.4, -0.2) is 17.7 Å². The molecule has 0 aliphatic carbocycles. The lowest BCUT2D eigenvalue weighted by molar-refractivity contribution is 0.228. The third-order valence-electron chi connectivity index (χ3n) is 3.73. The largest absolute Gasteiger partial charge is 0.382 e. The highest BCUT2D eigenvalue weighted by molar-refractivity contribution is 7.12. The molecule has 1 unspecified atom stereocenters. The number of aliphatic hydroxyl groups excluding tert-OH is 1. The lowest BCUT2D eigenvalue weighted by Gasteiger charge is -2.07. The Kier molecular flexibility index (Phi) is 6.22. The zero-order chi connectivity index (χ0) is 17.5. The molecule has 25 heavy (non-hydrogen) atoms. The SMILES string of the molecule is O=C(NCCc1ccccc1)NCc1ccc(C(O)c2cccs2)s1. The highest BCUT2D eigenvalue weighted by Gasteiger charge is 2.14. The maximum absolute atomic E-state index is 11.9. The van der Waals surface area contributed by atoms with Gasteiger partial charge in [0.25, 0.3) is 0 Å². The molecule has 4 nitrogen and oxygen atoms in total. The summed E-state index contributed by atoms with van der Waals surface area (Å²) < 4.78 is 0. The Labute approximate surface area is 155 Å². The van der Waals surface area contributed by atoms with Crippen LogP contribution in [0.15, 0.2) is 60.0 Å². The number of nitrogens with one attached hydrogen (secondary N) is 2. The number of aliphatic hydroxyl groups is 1. The summed E-state index contributed by atoms with van der Waals surface area (Å²) in [7, 11) is 0. The van der Waals surface area contributed by atoms with Crippen molar-refractivity contribution < 1.29 is 9.90 Å². The molecule has 0 aliphatic rings. The van der Waals surface area contributed by atoms with E-state index in [2.05, 4.69) is 10.6 Å². The molecule has 2 heterocycles. The number of carbonyl (C=O) groups excluding carboxylic acids is 1. The second kappa shape index (κ2) is 8.80. The molecule has 1 aromatic carbocycles. The van der Waals surface area contributed by atoms with Crippen molar-refractivity contribution in [3.63, 3.8) is 0 Å². The molecule has 3 aromatic rings. The molecular formula is C19H20N2O2S2. The molecule has 6 heteroatoms. The minimum Gasteiger partial charge on any atom is -0.382 e. The first-order valence-electron chi connectivity index (χ1n) is 8.08. The molecule has 0 radical (unpaired) electrons. The average Bonchev–Trinajstić information content (AvgIpc) is 3.32. The molecule has 3 rings (SSSR count). The maximum atomic E-state index is 11.9. The topological polar surface area (TPSA) is 61.4 Å². The monoisotopic (exact) mass is 372 g/mol. The third kappa shape index (κ3) is 5.16. The van der Waals surface area contributed by atoms with E-state index in [0.29, 0.717) is 13.1 Å². The number of urea groups is 1. The van der Waals surface area contributed by atoms with Crippen LogP contribution in [0.1, 0.15) is 26.3 Å². The van der Waals surface area contributed by atoms with Gasteiger partial charge in [0.15, 0.2) is 0 Å². The summed E-state index contributed by atoms with van der Waals surface area (Å²) in [6.07, 6.45) is 0.225. The van der Waals surface area contributed by atoms with Gasteiger partial charge in [0, 0.05) is 21.2 Å². The van der Waals surface area contributed by atoms with E-state index in [-0.39, 0.29) is 6.03 Å². The predicted molar refractivity (Wildman–Crippen MR) is 103 cm³/mol. The molecule has 2 aromatic heterocycles. The number of carbonyl (C=O) groups is 1. The molecule has 130 valence electrons. The van der Waals surface area contributed by atoms with Crippen LogP contribution in [0.2, 0.25) is 0 Å². The number of benzene rings is 1. The Morgan fingerprint density at radius 1 is 1.00 bits per heavy atom. The lowest BCUT2D eigenvalue weighted by Crippen LogP contribution is -2.36. The minimum absolute atomic E-state index is 0.176. The Bertz CT molecular complexity index is 785. The number of amides is 2. The van der Waals surface area contributed by atoms with Gasteiger partial charge in [-0.25, -0.2) is 4.79 Å². The van der Waals surface area contributed by atoms with Gasteiger partial charge in [-0.05, 0) is 35.6 Å². The van der Waals surface area contributed by atoms with Gasteiger partial charge in [-0.2, -0.15) is 0 Å². The van der Waals surface area contributed by atoms with Crippen LogP contribution in [0.5, 0.6) is 0 Å². The summed E-state index contributed by atoms with van der Waals surface area (Å²) >= 11 is 3.05. The van der Waals surface area contributed by atoms with Gasteiger partial charge >= 0.3 is 6.03 Å². The Morgan fingerprint density at radius 3 is 2.60 bits per heavy atom. The lowest BCUT2D eigenvalue weighted by atomic mass is 10.1. The molecule has 0 fully saturated rings. The van der Waals surface area contributed by atoms with Crippen LogP contribution < -0.4 is 10.6 Å². The van der Waals surface area contributed by atoms with Gasteiger partial charge in [-0.1, -0.05) is 36.4 Å². The summed E-state index contributed by atoms with van der Waals surface area (Å²) in [4.78, 5) is 14.7. The molecule has 0 spiro atoms. The first-order chi connectivity index (χ1) is 12.2. The summed E-state index contributed by atoms with van der Waals surface area (Å²) in [5.41, 5.74) is 1.20. The van der Waals surface area contributed by atoms with Crippen LogP contribution in [0.25, 0.3) is 0 Å². The van der Waals surface area contributed by atoms with Crippen molar-refractivity contribution in [3.05, 3.63) is 80.2 Å². The number of rotatable bonds is 7. The van der Waals surface area contributed by atoms with Gasteiger partial charge in [0.05, 0.1) is 6.54 Å². The van der Waals surface area contributed by atoms with Gasteiger partial charge in [0.1, 0.15) is 6.10 Å². The van der Waals surface area contributed by atoms with Crippen molar-refractivity contribution >= 4 is 28.7 Å². The van der Waals surface area contributed by atoms with E-state index in [9.17, 15) is 9.90 Å². The normalized spacial score (nSPS) is 11.9. The van der Waals surface area contributed by atoms with E-state index in [4.69, 9.17) is 0 Å². The zero-order valence-electron chi connectivity index (χ0n) is 13.6. The maximum Gasteiger partial charge on any atom is 0.315 e. The van der Waals surface area contributed by atoms with Gasteiger partial charge in [0.2, 0.25) is 0 Å². The molecule has 1 atom stereocenters. The van der Waals surface area contributed by atoms with Crippen LogP contribution >= 0.6 is 22.7 Å². The van der Waals surface area contributed by atoms with E-state index < -0.39 is 6.10 Å². The van der Waals surface area contributed by atoms with E-state index in [0.717, 1.165) is 21.1 Å². The third-order valence-corrected chi connectivity index (χ3v) is 5.79. The van der Waals surface area contributed by atoms with E-state index in [1.807, 2.05) is 60.0 Å². The van der Waals surface area contributed by atoms with Crippen molar-refractivity contribution in [2.45, 2.75) is 19.1 Å². The Balaban J connectivity index is 1.42. The van der Waals surface area contributed by atoms with Crippen molar-refractivity contribution in [1.29, 1.82) is 0 Å². The quantitative estimate of drug-likeness (QED) is 0.588. The van der Waals surface area contributed by atoms with E-state index in [1.165, 1.54) is 28.2 Å². The fraction of sp³-hybridized carbons (Fsp3) is 0.211. The molecule has 2 amide bonds. The molecule has 3 N–H and O–H groups in total. The van der Waals surface area contributed by atoms with Gasteiger partial charge in [-0.3, -0.25) is 0 Å². The summed E-state index contributed by atoms with van der Waals surface area (Å²) in [6.45, 7) is 1.06. The fourth-order valence-electron chi connectivity index (χ4n) is 2.42. The number of hydrogen-bond acceptors (Lipinski definition) is 4.